The highest BCUT2D eigenvalue weighted by Crippen LogP contribution is 2.29. The summed E-state index contributed by atoms with van der Waals surface area (Å²) in [5, 5.41) is 3.35. The summed E-state index contributed by atoms with van der Waals surface area (Å²) in [5.41, 5.74) is 1.12. The zero-order valence-corrected chi connectivity index (χ0v) is 13.2. The van der Waals surface area contributed by atoms with Gasteiger partial charge in [-0.15, -0.1) is 0 Å². The topological polar surface area (TPSA) is 24.5 Å². The highest BCUT2D eigenvalue weighted by Gasteiger charge is 2.22. The maximum absolute atomic E-state index is 13.1. The van der Waals surface area contributed by atoms with Crippen LogP contribution < -0.4 is 10.1 Å². The summed E-state index contributed by atoms with van der Waals surface area (Å²) >= 11 is 0. The zero-order chi connectivity index (χ0) is 15.9. The molecular weight excluding hydrogens is 291 g/mol. The second-order valence-corrected chi connectivity index (χ2v) is 5.77. The second-order valence-electron chi connectivity index (χ2n) is 5.77. The number of hydrogen-bond donors (Lipinski definition) is 1. The Morgan fingerprint density at radius 2 is 1.74 bits per heavy atom. The number of alkyl halides is 1. The molecule has 3 nitrogen and oxygen atoms in total. The van der Waals surface area contributed by atoms with E-state index in [-0.39, 0.29) is 12.7 Å². The Balaban J connectivity index is 1.78. The van der Waals surface area contributed by atoms with Gasteiger partial charge in [0.05, 0.1) is 6.67 Å². The molecule has 0 unspecified atom stereocenters. The van der Waals surface area contributed by atoms with Crippen LogP contribution in [-0.2, 0) is 0 Å². The first-order valence-electron chi connectivity index (χ1n) is 8.20. The largest absolute Gasteiger partial charge is 0.457 e. The van der Waals surface area contributed by atoms with E-state index in [0.717, 1.165) is 43.2 Å². The first-order valence-corrected chi connectivity index (χ1v) is 8.20. The summed E-state index contributed by atoms with van der Waals surface area (Å²) < 4.78 is 19.0. The van der Waals surface area contributed by atoms with Crippen LogP contribution in [0.5, 0.6) is 11.5 Å². The van der Waals surface area contributed by atoms with Gasteiger partial charge in [0.1, 0.15) is 11.5 Å². The molecule has 1 aliphatic heterocycles. The Hall–Kier alpha value is -1.91. The van der Waals surface area contributed by atoms with E-state index in [9.17, 15) is 4.39 Å². The number of nitrogens with zero attached hydrogens (tertiary/aromatic N) is 1. The van der Waals surface area contributed by atoms with Gasteiger partial charge in [0, 0.05) is 32.2 Å². The van der Waals surface area contributed by atoms with Crippen molar-refractivity contribution in [3.63, 3.8) is 0 Å². The van der Waals surface area contributed by atoms with Crippen LogP contribution in [0.1, 0.15) is 18.0 Å². The number of para-hydroxylation sites is 1. The van der Waals surface area contributed by atoms with Gasteiger partial charge in [-0.1, -0.05) is 30.3 Å². The molecule has 1 heterocycles. The second kappa shape index (κ2) is 8.09. The van der Waals surface area contributed by atoms with Crippen molar-refractivity contribution in [3.05, 3.63) is 60.2 Å². The minimum atomic E-state index is -0.307. The van der Waals surface area contributed by atoms with Crippen LogP contribution in [0.2, 0.25) is 0 Å². The molecule has 122 valence electrons. The fourth-order valence-electron chi connectivity index (χ4n) is 3.07. The number of piperazine rings is 1. The average molecular weight is 314 g/mol. The van der Waals surface area contributed by atoms with Gasteiger partial charge < -0.3 is 10.1 Å². The van der Waals surface area contributed by atoms with E-state index in [1.807, 2.05) is 48.5 Å². The van der Waals surface area contributed by atoms with Crippen molar-refractivity contribution in [1.29, 1.82) is 0 Å². The summed E-state index contributed by atoms with van der Waals surface area (Å²) in [6.45, 7) is 3.52. The highest BCUT2D eigenvalue weighted by molar-refractivity contribution is 5.35. The third-order valence-electron chi connectivity index (χ3n) is 4.20. The van der Waals surface area contributed by atoms with Crippen LogP contribution in [-0.4, -0.2) is 37.8 Å². The molecule has 2 aromatic carbocycles. The molecule has 0 aromatic heterocycles. The number of halogens is 1. The van der Waals surface area contributed by atoms with Gasteiger partial charge >= 0.3 is 0 Å². The monoisotopic (exact) mass is 314 g/mol. The van der Waals surface area contributed by atoms with E-state index in [2.05, 4.69) is 16.3 Å². The van der Waals surface area contributed by atoms with Crippen molar-refractivity contribution >= 4 is 0 Å². The van der Waals surface area contributed by atoms with Gasteiger partial charge in [0.15, 0.2) is 0 Å². The Morgan fingerprint density at radius 1 is 1.00 bits per heavy atom. The number of benzene rings is 2. The summed E-state index contributed by atoms with van der Waals surface area (Å²) in [6.07, 6.45) is 0.523. The molecule has 1 atom stereocenters. The van der Waals surface area contributed by atoms with Crippen molar-refractivity contribution in [2.45, 2.75) is 12.5 Å². The summed E-state index contributed by atoms with van der Waals surface area (Å²) in [5.74, 6) is 1.61. The van der Waals surface area contributed by atoms with Gasteiger partial charge in [-0.25, -0.2) is 0 Å². The third-order valence-corrected chi connectivity index (χ3v) is 4.20. The van der Waals surface area contributed by atoms with Crippen LogP contribution in [0, 0.1) is 0 Å². The quantitative estimate of drug-likeness (QED) is 0.878. The van der Waals surface area contributed by atoms with E-state index >= 15 is 0 Å². The van der Waals surface area contributed by atoms with Gasteiger partial charge in [-0.3, -0.25) is 9.29 Å². The van der Waals surface area contributed by atoms with E-state index < -0.39 is 0 Å². The Kier molecular flexibility index (Phi) is 5.61. The van der Waals surface area contributed by atoms with E-state index in [1.165, 1.54) is 0 Å². The lowest BCUT2D eigenvalue weighted by molar-refractivity contribution is 0.157. The lowest BCUT2D eigenvalue weighted by Gasteiger charge is -2.35. The third kappa shape index (κ3) is 4.30. The average Bonchev–Trinajstić information content (AvgIpc) is 2.61. The molecule has 0 radical (unpaired) electrons. The minimum Gasteiger partial charge on any atom is -0.457 e. The smallest absolute Gasteiger partial charge is 0.127 e. The summed E-state index contributed by atoms with van der Waals surface area (Å²) in [7, 11) is 0. The first-order chi connectivity index (χ1) is 11.4. The van der Waals surface area contributed by atoms with Gasteiger partial charge in [-0.05, 0) is 36.2 Å². The number of rotatable bonds is 6. The number of ether oxygens (including phenoxy) is 1. The van der Waals surface area contributed by atoms with Crippen LogP contribution >= 0.6 is 0 Å². The van der Waals surface area contributed by atoms with Gasteiger partial charge in [0.25, 0.3) is 0 Å². The summed E-state index contributed by atoms with van der Waals surface area (Å²) in [4.78, 5) is 2.36. The fourth-order valence-corrected chi connectivity index (χ4v) is 3.07. The molecule has 0 aliphatic carbocycles. The lowest BCUT2D eigenvalue weighted by Crippen LogP contribution is -2.45. The van der Waals surface area contributed by atoms with Crippen LogP contribution in [0.4, 0.5) is 4.39 Å². The van der Waals surface area contributed by atoms with Crippen molar-refractivity contribution < 1.29 is 9.13 Å². The van der Waals surface area contributed by atoms with Crippen molar-refractivity contribution in [2.24, 2.45) is 0 Å². The minimum absolute atomic E-state index is 0.112. The molecular formula is C19H23FN2O. The SMILES string of the molecule is FCC[C@@H](c1cccc(Oc2ccccc2)c1)N1CCNCC1. The molecule has 1 saturated heterocycles. The van der Waals surface area contributed by atoms with E-state index in [0.29, 0.717) is 6.42 Å². The van der Waals surface area contributed by atoms with E-state index in [1.54, 1.807) is 0 Å². The predicted molar refractivity (Wildman–Crippen MR) is 90.7 cm³/mol. The van der Waals surface area contributed by atoms with Crippen molar-refractivity contribution in [2.75, 3.05) is 32.9 Å². The molecule has 2 aromatic rings. The van der Waals surface area contributed by atoms with Gasteiger partial charge in [-0.2, -0.15) is 0 Å². The standard InChI is InChI=1S/C19H23FN2O/c20-10-9-19(22-13-11-21-12-14-22)16-5-4-8-18(15-16)23-17-6-2-1-3-7-17/h1-8,15,19,21H,9-14H2/t19-/m0/s1. The fraction of sp³-hybridized carbons (Fsp3) is 0.368. The highest BCUT2D eigenvalue weighted by atomic mass is 19.1. The van der Waals surface area contributed by atoms with Crippen molar-refractivity contribution in [1.82, 2.24) is 10.2 Å². The van der Waals surface area contributed by atoms with Crippen LogP contribution in [0.25, 0.3) is 0 Å². The first kappa shape index (κ1) is 16.0. The van der Waals surface area contributed by atoms with E-state index in [4.69, 9.17) is 4.74 Å². The molecule has 3 rings (SSSR count). The number of hydrogen-bond acceptors (Lipinski definition) is 3. The summed E-state index contributed by atoms with van der Waals surface area (Å²) in [6, 6.07) is 17.9. The molecule has 1 N–H and O–H groups in total. The Morgan fingerprint density at radius 3 is 2.48 bits per heavy atom. The van der Waals surface area contributed by atoms with Gasteiger partial charge in [0.2, 0.25) is 0 Å². The predicted octanol–water partition coefficient (Wildman–Crippen LogP) is 3.78. The van der Waals surface area contributed by atoms with Crippen molar-refractivity contribution in [3.8, 4) is 11.5 Å². The number of nitrogens with one attached hydrogen (secondary N) is 1. The molecule has 0 spiro atoms. The maximum atomic E-state index is 13.1. The molecule has 1 fully saturated rings. The zero-order valence-electron chi connectivity index (χ0n) is 13.2. The Bertz CT molecular complexity index is 599. The molecule has 23 heavy (non-hydrogen) atoms. The molecule has 0 saturated carbocycles. The lowest BCUT2D eigenvalue weighted by atomic mass is 10.0. The molecule has 1 aliphatic rings. The van der Waals surface area contributed by atoms with Crippen LogP contribution in [0.3, 0.4) is 0 Å². The molecule has 0 bridgehead atoms. The normalized spacial score (nSPS) is 16.9. The maximum Gasteiger partial charge on any atom is 0.127 e. The molecule has 4 heteroatoms. The Labute approximate surface area is 137 Å². The van der Waals surface area contributed by atoms with Crippen LogP contribution in [0.15, 0.2) is 54.6 Å². The molecule has 0 amide bonds.